The van der Waals surface area contributed by atoms with Gasteiger partial charge in [0.15, 0.2) is 0 Å². The molecule has 1 rings (SSSR count). The van der Waals surface area contributed by atoms with Crippen molar-refractivity contribution in [2.75, 3.05) is 12.8 Å². The van der Waals surface area contributed by atoms with Crippen molar-refractivity contribution in [3.05, 3.63) is 0 Å². The van der Waals surface area contributed by atoms with Gasteiger partial charge in [-0.05, 0) is 6.16 Å². The first-order valence-corrected chi connectivity index (χ1v) is 3.12. The van der Waals surface area contributed by atoms with Crippen molar-refractivity contribution in [2.24, 2.45) is 0 Å². The van der Waals surface area contributed by atoms with Gasteiger partial charge in [-0.15, -0.1) is 8.46 Å². The van der Waals surface area contributed by atoms with Crippen molar-refractivity contribution in [1.82, 2.24) is 0 Å². The molecule has 1 aliphatic rings. The predicted molar refractivity (Wildman–Crippen MR) is 26.0 cm³/mol. The minimum absolute atomic E-state index is 0.759. The summed E-state index contributed by atoms with van der Waals surface area (Å²) in [6, 6.07) is 0. The fraction of sp³-hybridized carbons (Fsp3) is 1.00. The first-order valence-electron chi connectivity index (χ1n) is 1.83. The molecule has 0 saturated carbocycles. The molecular formula is C2H5BO2P. The number of rotatable bonds is 0. The van der Waals surface area contributed by atoms with Crippen LogP contribution in [0.1, 0.15) is 0 Å². The Bertz CT molecular complexity index is 27.0. The van der Waals surface area contributed by atoms with Crippen LogP contribution in [0.3, 0.4) is 0 Å². The molecule has 6 heavy (non-hydrogen) atoms. The molecule has 2 nitrogen and oxygen atoms in total. The van der Waals surface area contributed by atoms with Crippen molar-refractivity contribution in [1.29, 1.82) is 0 Å². The zero-order valence-electron chi connectivity index (χ0n) is 3.31. The highest BCUT2D eigenvalue weighted by molar-refractivity contribution is 7.69. The molecule has 0 aromatic carbocycles. The van der Waals surface area contributed by atoms with Gasteiger partial charge >= 0.3 is 7.20 Å². The van der Waals surface area contributed by atoms with E-state index in [-0.39, 0.29) is 0 Å². The minimum Gasteiger partial charge on any atom is -0.304 e. The van der Waals surface area contributed by atoms with Crippen LogP contribution >= 0.6 is 8.46 Å². The van der Waals surface area contributed by atoms with Crippen LogP contribution in [-0.4, -0.2) is 20.0 Å². The Balaban J connectivity index is 2.00. The van der Waals surface area contributed by atoms with Crippen LogP contribution in [0, 0.1) is 0 Å². The van der Waals surface area contributed by atoms with Gasteiger partial charge in [-0.2, -0.15) is 0 Å². The van der Waals surface area contributed by atoms with Gasteiger partial charge in [-0.3, -0.25) is 4.89 Å². The molecule has 1 aliphatic heterocycles. The van der Waals surface area contributed by atoms with Crippen LogP contribution in [0.2, 0.25) is 0 Å². The zero-order chi connectivity index (χ0) is 4.24. The van der Waals surface area contributed by atoms with Crippen molar-refractivity contribution >= 4 is 15.7 Å². The molecule has 1 atom stereocenters. The highest BCUT2D eigenvalue weighted by atomic mass is 31.1. The molecule has 0 bridgehead atoms. The van der Waals surface area contributed by atoms with Crippen molar-refractivity contribution < 1.29 is 9.69 Å². The normalized spacial score (nSPS) is 26.7. The Morgan fingerprint density at radius 1 is 1.67 bits per heavy atom. The monoisotopic (exact) mass is 103 g/mol. The lowest BCUT2D eigenvalue weighted by Gasteiger charge is -2.06. The third kappa shape index (κ3) is 1.25. The highest BCUT2D eigenvalue weighted by Crippen LogP contribution is 2.10. The first-order chi connectivity index (χ1) is 3.00. The Hall–Kier alpha value is 0.415. The van der Waals surface area contributed by atoms with E-state index in [1.54, 1.807) is 7.20 Å². The Labute approximate surface area is 39.1 Å². The van der Waals surface area contributed by atoms with Gasteiger partial charge in [0.2, 0.25) is 0 Å². The molecule has 33 valence electrons. The molecule has 4 heteroatoms. The predicted octanol–water partition coefficient (Wildman–Crippen LogP) is 0.161. The lowest BCUT2D eigenvalue weighted by molar-refractivity contribution is -0.202. The fourth-order valence-electron chi connectivity index (χ4n) is 0.276. The quantitative estimate of drug-likeness (QED) is 0.247. The van der Waals surface area contributed by atoms with E-state index >= 15 is 0 Å². The highest BCUT2D eigenvalue weighted by Gasteiger charge is 1.99. The molecule has 0 N–H and O–H groups in total. The topological polar surface area (TPSA) is 18.5 Å². The van der Waals surface area contributed by atoms with Gasteiger partial charge in [0.1, 0.15) is 0 Å². The average molecular weight is 103 g/mol. The van der Waals surface area contributed by atoms with Gasteiger partial charge in [0.25, 0.3) is 0 Å². The molecule has 1 saturated heterocycles. The standard InChI is InChI=1S/C2H5BO2P/c1-2-6-3-5-4-1/h6H,1-2H2. The minimum atomic E-state index is 0.759. The van der Waals surface area contributed by atoms with Crippen LogP contribution in [0.5, 0.6) is 0 Å². The summed E-state index contributed by atoms with van der Waals surface area (Å²) in [5.41, 5.74) is 0. The summed E-state index contributed by atoms with van der Waals surface area (Å²) >= 11 is 0. The van der Waals surface area contributed by atoms with E-state index in [1.807, 2.05) is 0 Å². The Morgan fingerprint density at radius 3 is 2.83 bits per heavy atom. The van der Waals surface area contributed by atoms with E-state index in [2.05, 4.69) is 9.69 Å². The van der Waals surface area contributed by atoms with Crippen molar-refractivity contribution in [2.45, 2.75) is 0 Å². The molecule has 1 radical (unpaired) electrons. The van der Waals surface area contributed by atoms with E-state index in [0.717, 1.165) is 21.2 Å². The summed E-state index contributed by atoms with van der Waals surface area (Å²) in [6.45, 7) is 0.759. The van der Waals surface area contributed by atoms with Crippen LogP contribution < -0.4 is 0 Å². The van der Waals surface area contributed by atoms with Gasteiger partial charge in [-0.1, -0.05) is 0 Å². The second-order valence-electron chi connectivity index (χ2n) is 0.990. The summed E-state index contributed by atoms with van der Waals surface area (Å²) in [5.74, 6) is 0. The fourth-order valence-corrected chi connectivity index (χ4v) is 0.731. The zero-order valence-corrected chi connectivity index (χ0v) is 4.31. The summed E-state index contributed by atoms with van der Waals surface area (Å²) in [5, 5.41) is 0. The van der Waals surface area contributed by atoms with E-state index in [4.69, 9.17) is 0 Å². The molecule has 0 aliphatic carbocycles. The van der Waals surface area contributed by atoms with Crippen LogP contribution in [0.15, 0.2) is 0 Å². The van der Waals surface area contributed by atoms with E-state index in [9.17, 15) is 0 Å². The molecule has 1 unspecified atom stereocenters. The second kappa shape index (κ2) is 2.56. The van der Waals surface area contributed by atoms with Gasteiger partial charge in [0, 0.05) is 0 Å². The van der Waals surface area contributed by atoms with E-state index < -0.39 is 0 Å². The van der Waals surface area contributed by atoms with Crippen LogP contribution in [-0.2, 0) is 9.69 Å². The van der Waals surface area contributed by atoms with Gasteiger partial charge in [0.05, 0.1) is 6.61 Å². The lowest BCUT2D eigenvalue weighted by Crippen LogP contribution is -2.06. The molecule has 0 spiro atoms. The van der Waals surface area contributed by atoms with Crippen LogP contribution in [0.25, 0.3) is 0 Å². The third-order valence-electron chi connectivity index (χ3n) is 0.529. The second-order valence-corrected chi connectivity index (χ2v) is 2.13. The lowest BCUT2D eigenvalue weighted by atomic mass is 10.6. The largest absolute Gasteiger partial charge is 0.372 e. The summed E-state index contributed by atoms with van der Waals surface area (Å²) in [4.78, 5) is 8.98. The van der Waals surface area contributed by atoms with E-state index in [1.165, 1.54) is 0 Å². The molecular weight excluding hydrogens is 97.8 g/mol. The van der Waals surface area contributed by atoms with Crippen LogP contribution in [0.4, 0.5) is 0 Å². The third-order valence-corrected chi connectivity index (χ3v) is 1.28. The van der Waals surface area contributed by atoms with E-state index in [0.29, 0.717) is 0 Å². The molecule has 0 amide bonds. The van der Waals surface area contributed by atoms with Gasteiger partial charge < -0.3 is 4.81 Å². The smallest absolute Gasteiger partial charge is 0.304 e. The average Bonchev–Trinajstić information content (AvgIpc) is 1.72. The van der Waals surface area contributed by atoms with Crippen molar-refractivity contribution in [3.8, 4) is 0 Å². The van der Waals surface area contributed by atoms with Crippen molar-refractivity contribution in [3.63, 3.8) is 0 Å². The Morgan fingerprint density at radius 2 is 2.67 bits per heavy atom. The maximum absolute atomic E-state index is 4.52. The number of hydrogen-bond donors (Lipinski definition) is 0. The summed E-state index contributed by atoms with van der Waals surface area (Å²) < 4.78 is 0. The molecule has 0 aromatic rings. The Kier molecular flexibility index (Phi) is 1.95. The van der Waals surface area contributed by atoms with Gasteiger partial charge in [-0.25, -0.2) is 0 Å². The summed E-state index contributed by atoms with van der Waals surface area (Å²) in [6.07, 6.45) is 1.12. The summed E-state index contributed by atoms with van der Waals surface area (Å²) in [7, 11) is 2.53. The molecule has 1 fully saturated rings. The molecule has 1 heterocycles. The SMILES string of the molecule is [B]1OOCCP1. The first kappa shape index (κ1) is 4.57. The maximum Gasteiger partial charge on any atom is 0.372 e. The number of hydrogen-bond acceptors (Lipinski definition) is 2. The molecule has 0 aromatic heterocycles. The maximum atomic E-state index is 4.52.